The van der Waals surface area contributed by atoms with Crippen molar-refractivity contribution in [1.29, 1.82) is 5.26 Å². The number of carbonyl (C=O) groups excluding carboxylic acids is 2. The molecule has 34 heavy (non-hydrogen) atoms. The number of rotatable bonds is 5. The molecule has 1 unspecified atom stereocenters. The van der Waals surface area contributed by atoms with Gasteiger partial charge in [-0.3, -0.25) is 14.5 Å². The highest BCUT2D eigenvalue weighted by atomic mass is 79.9. The predicted molar refractivity (Wildman–Crippen MR) is 136 cm³/mol. The molecule has 1 fully saturated rings. The lowest BCUT2D eigenvalue weighted by atomic mass is 10.1. The maximum atomic E-state index is 13.5. The Labute approximate surface area is 209 Å². The molecule has 4 rings (SSSR count). The third kappa shape index (κ3) is 5.22. The monoisotopic (exact) mass is 535 g/mol. The van der Waals surface area contributed by atoms with Crippen LogP contribution in [-0.2, 0) is 16.0 Å². The molecule has 1 atom stereocenters. The van der Waals surface area contributed by atoms with Gasteiger partial charge in [-0.05, 0) is 67.4 Å². The number of thioether (sulfide) groups is 1. The summed E-state index contributed by atoms with van der Waals surface area (Å²) in [6.45, 7) is 1.94. The Bertz CT molecular complexity index is 1300. The van der Waals surface area contributed by atoms with E-state index in [1.54, 1.807) is 48.5 Å². The number of nitriles is 1. The van der Waals surface area contributed by atoms with Crippen molar-refractivity contribution in [2.45, 2.75) is 18.6 Å². The van der Waals surface area contributed by atoms with Gasteiger partial charge in [0.2, 0.25) is 5.91 Å². The van der Waals surface area contributed by atoms with Crippen molar-refractivity contribution in [3.05, 3.63) is 105 Å². The standard InChI is InChI=1S/C26H19BrFN3O2S/c1-16-2-12-21(13-3-16)31-25(33)23(14-17-4-8-19(28)9-5-17)34-26(31)22(15-29)24(32)30-20-10-6-18(27)7-11-20/h2-13,23H,14H2,1H3,(H,30,32)/b26-22-. The van der Waals surface area contributed by atoms with Gasteiger partial charge in [0.05, 0.1) is 5.25 Å². The molecule has 0 aromatic heterocycles. The van der Waals surface area contributed by atoms with Gasteiger partial charge in [0.1, 0.15) is 22.5 Å². The van der Waals surface area contributed by atoms with Crippen LogP contribution < -0.4 is 10.2 Å². The largest absolute Gasteiger partial charge is 0.321 e. The summed E-state index contributed by atoms with van der Waals surface area (Å²) in [5.74, 6) is -1.19. The molecule has 0 radical (unpaired) electrons. The van der Waals surface area contributed by atoms with E-state index < -0.39 is 11.2 Å². The topological polar surface area (TPSA) is 73.2 Å². The van der Waals surface area contributed by atoms with Crippen molar-refractivity contribution in [3.63, 3.8) is 0 Å². The molecule has 1 aliphatic rings. The molecular formula is C26H19BrFN3O2S. The van der Waals surface area contributed by atoms with Crippen LogP contribution >= 0.6 is 27.7 Å². The van der Waals surface area contributed by atoms with Crippen molar-refractivity contribution < 1.29 is 14.0 Å². The summed E-state index contributed by atoms with van der Waals surface area (Å²) < 4.78 is 14.2. The molecular weight excluding hydrogens is 517 g/mol. The fraction of sp³-hybridized carbons (Fsp3) is 0.115. The molecule has 8 heteroatoms. The number of amides is 2. The first kappa shape index (κ1) is 23.7. The highest BCUT2D eigenvalue weighted by Gasteiger charge is 2.40. The Hall–Kier alpha value is -3.41. The molecule has 0 saturated carbocycles. The third-order valence-electron chi connectivity index (χ3n) is 5.23. The number of benzene rings is 3. The molecule has 1 saturated heterocycles. The van der Waals surface area contributed by atoms with Crippen LogP contribution in [0.4, 0.5) is 15.8 Å². The Kier molecular flexibility index (Phi) is 7.15. The van der Waals surface area contributed by atoms with Crippen LogP contribution in [0, 0.1) is 24.1 Å². The number of hydrogen-bond acceptors (Lipinski definition) is 4. The van der Waals surface area contributed by atoms with Gasteiger partial charge in [0, 0.05) is 15.8 Å². The first-order chi connectivity index (χ1) is 16.4. The summed E-state index contributed by atoms with van der Waals surface area (Å²) in [6, 6.07) is 22.2. The van der Waals surface area contributed by atoms with Gasteiger partial charge in [0.15, 0.2) is 0 Å². The van der Waals surface area contributed by atoms with E-state index in [-0.39, 0.29) is 22.3 Å². The Balaban J connectivity index is 1.71. The number of hydrogen-bond donors (Lipinski definition) is 1. The molecule has 3 aromatic carbocycles. The van der Waals surface area contributed by atoms with Crippen molar-refractivity contribution in [3.8, 4) is 6.07 Å². The molecule has 0 aliphatic carbocycles. The number of aryl methyl sites for hydroxylation is 1. The second-order valence-corrected chi connectivity index (χ2v) is 9.81. The molecule has 1 N–H and O–H groups in total. The van der Waals surface area contributed by atoms with E-state index in [1.807, 2.05) is 25.1 Å². The zero-order valence-electron chi connectivity index (χ0n) is 18.1. The van der Waals surface area contributed by atoms with Gasteiger partial charge in [-0.15, -0.1) is 0 Å². The summed E-state index contributed by atoms with van der Waals surface area (Å²) in [7, 11) is 0. The van der Waals surface area contributed by atoms with Crippen molar-refractivity contribution in [2.24, 2.45) is 0 Å². The van der Waals surface area contributed by atoms with Crippen LogP contribution in [0.2, 0.25) is 0 Å². The first-order valence-corrected chi connectivity index (χ1v) is 12.1. The quantitative estimate of drug-likeness (QED) is 0.323. The molecule has 1 aliphatic heterocycles. The van der Waals surface area contributed by atoms with E-state index in [0.29, 0.717) is 17.8 Å². The summed E-state index contributed by atoms with van der Waals surface area (Å²) >= 11 is 4.52. The van der Waals surface area contributed by atoms with Crippen molar-refractivity contribution >= 4 is 50.9 Å². The maximum Gasteiger partial charge on any atom is 0.269 e. The Morgan fingerprint density at radius 2 is 1.74 bits per heavy atom. The summed E-state index contributed by atoms with van der Waals surface area (Å²) in [6.07, 6.45) is 0.336. The number of halogens is 2. The maximum absolute atomic E-state index is 13.5. The van der Waals surface area contributed by atoms with Crippen molar-refractivity contribution in [1.82, 2.24) is 0 Å². The van der Waals surface area contributed by atoms with E-state index in [0.717, 1.165) is 15.6 Å². The zero-order valence-corrected chi connectivity index (χ0v) is 20.5. The van der Waals surface area contributed by atoms with E-state index >= 15 is 0 Å². The van der Waals surface area contributed by atoms with E-state index in [2.05, 4.69) is 21.2 Å². The fourth-order valence-electron chi connectivity index (χ4n) is 3.48. The minimum Gasteiger partial charge on any atom is -0.321 e. The predicted octanol–water partition coefficient (Wildman–Crippen LogP) is 5.96. The molecule has 0 bridgehead atoms. The van der Waals surface area contributed by atoms with Crippen molar-refractivity contribution in [2.75, 3.05) is 10.2 Å². The SMILES string of the molecule is Cc1ccc(N2C(=O)C(Cc3ccc(F)cc3)S/C2=C(/C#N)C(=O)Nc2ccc(Br)cc2)cc1. The third-order valence-corrected chi connectivity index (χ3v) is 7.03. The van der Waals surface area contributed by atoms with Crippen LogP contribution in [0.5, 0.6) is 0 Å². The second-order valence-electron chi connectivity index (χ2n) is 7.70. The lowest BCUT2D eigenvalue weighted by Gasteiger charge is -2.19. The van der Waals surface area contributed by atoms with Gasteiger partial charge < -0.3 is 5.32 Å². The van der Waals surface area contributed by atoms with Gasteiger partial charge in [-0.1, -0.05) is 57.5 Å². The fourth-order valence-corrected chi connectivity index (χ4v) is 5.05. The Morgan fingerprint density at radius 3 is 2.35 bits per heavy atom. The molecule has 1 heterocycles. The zero-order chi connectivity index (χ0) is 24.2. The van der Waals surface area contributed by atoms with Crippen LogP contribution in [-0.4, -0.2) is 17.1 Å². The summed E-state index contributed by atoms with van der Waals surface area (Å²) in [5.41, 5.74) is 2.76. The minimum absolute atomic E-state index is 0.150. The number of anilines is 2. The van der Waals surface area contributed by atoms with Crippen LogP contribution in [0.3, 0.4) is 0 Å². The van der Waals surface area contributed by atoms with Gasteiger partial charge in [-0.2, -0.15) is 5.26 Å². The normalized spacial score (nSPS) is 16.8. The lowest BCUT2D eigenvalue weighted by molar-refractivity contribution is -0.117. The number of nitrogens with zero attached hydrogens (tertiary/aromatic N) is 2. The smallest absolute Gasteiger partial charge is 0.269 e. The first-order valence-electron chi connectivity index (χ1n) is 10.4. The molecule has 0 spiro atoms. The van der Waals surface area contributed by atoms with E-state index in [9.17, 15) is 19.2 Å². The second kappa shape index (κ2) is 10.2. The molecule has 3 aromatic rings. The average Bonchev–Trinajstić information content (AvgIpc) is 3.13. The highest BCUT2D eigenvalue weighted by molar-refractivity contribution is 9.10. The number of nitrogens with one attached hydrogen (secondary N) is 1. The Morgan fingerprint density at radius 1 is 1.09 bits per heavy atom. The average molecular weight is 536 g/mol. The highest BCUT2D eigenvalue weighted by Crippen LogP contribution is 2.42. The van der Waals surface area contributed by atoms with Crippen LogP contribution in [0.15, 0.2) is 87.9 Å². The van der Waals surface area contributed by atoms with E-state index in [4.69, 9.17) is 0 Å². The van der Waals surface area contributed by atoms with Gasteiger partial charge in [0.25, 0.3) is 5.91 Å². The molecule has 170 valence electrons. The van der Waals surface area contributed by atoms with Gasteiger partial charge >= 0.3 is 0 Å². The molecule has 2 amide bonds. The summed E-state index contributed by atoms with van der Waals surface area (Å²) in [5, 5.41) is 12.4. The number of carbonyl (C=O) groups is 2. The van der Waals surface area contributed by atoms with Gasteiger partial charge in [-0.25, -0.2) is 4.39 Å². The lowest BCUT2D eigenvalue weighted by Crippen LogP contribution is -2.30. The van der Waals surface area contributed by atoms with E-state index in [1.165, 1.54) is 28.8 Å². The minimum atomic E-state index is -0.598. The van der Waals surface area contributed by atoms with Crippen LogP contribution in [0.25, 0.3) is 0 Å². The molecule has 5 nitrogen and oxygen atoms in total. The summed E-state index contributed by atoms with van der Waals surface area (Å²) in [4.78, 5) is 28.0. The van der Waals surface area contributed by atoms with Crippen LogP contribution in [0.1, 0.15) is 11.1 Å².